The summed E-state index contributed by atoms with van der Waals surface area (Å²) < 4.78 is 0. The highest BCUT2D eigenvalue weighted by Gasteiger charge is 2.31. The standard InChI is InChI=1S/C44H16N2/c45-17-19-13-29-25-9-1-5-21-22-6-2-10-26-31-15-20(18-46)16-32-28-12-4-8-24-23-7-3-11-27-30(14-19)37(29)43-39(33(21)25)40(34(22)26)44(38(31)32)42(36(24)28)41(43)35(23)27/h1-16H. The van der Waals surface area contributed by atoms with Crippen LogP contribution in [-0.4, -0.2) is 0 Å². The second kappa shape index (κ2) is 6.77. The van der Waals surface area contributed by atoms with Gasteiger partial charge in [-0.05, 0) is 154 Å². The summed E-state index contributed by atoms with van der Waals surface area (Å²) in [4.78, 5) is 0. The van der Waals surface area contributed by atoms with E-state index in [-0.39, 0.29) is 0 Å². The van der Waals surface area contributed by atoms with Gasteiger partial charge in [-0.25, -0.2) is 0 Å². The van der Waals surface area contributed by atoms with Gasteiger partial charge in [0.05, 0.1) is 23.3 Å². The van der Waals surface area contributed by atoms with E-state index in [1.165, 1.54) is 108 Å². The van der Waals surface area contributed by atoms with Gasteiger partial charge in [0.2, 0.25) is 0 Å². The Morgan fingerprint density at radius 2 is 0.457 bits per heavy atom. The molecule has 46 heavy (non-hydrogen) atoms. The molecule has 0 amide bonds. The van der Waals surface area contributed by atoms with Crippen LogP contribution in [0.4, 0.5) is 0 Å². The number of fused-ring (bicyclic) bond motifs is 6. The summed E-state index contributed by atoms with van der Waals surface area (Å²) >= 11 is 0. The second-order valence-electron chi connectivity index (χ2n) is 13.3. The van der Waals surface area contributed by atoms with Gasteiger partial charge in [0.25, 0.3) is 0 Å². The van der Waals surface area contributed by atoms with Crippen molar-refractivity contribution in [3.8, 4) is 12.1 Å². The van der Waals surface area contributed by atoms with Gasteiger partial charge >= 0.3 is 0 Å². The van der Waals surface area contributed by atoms with E-state index < -0.39 is 0 Å². The molecule has 0 fully saturated rings. The first-order chi connectivity index (χ1) is 22.8. The van der Waals surface area contributed by atoms with Crippen molar-refractivity contribution < 1.29 is 0 Å². The summed E-state index contributed by atoms with van der Waals surface area (Å²) in [5.41, 5.74) is 1.39. The predicted octanol–water partition coefficient (Wildman–Crippen LogP) is 11.9. The van der Waals surface area contributed by atoms with Gasteiger partial charge in [-0.2, -0.15) is 10.5 Å². The first-order valence-corrected chi connectivity index (χ1v) is 15.7. The van der Waals surface area contributed by atoms with Gasteiger partial charge in [0.15, 0.2) is 0 Å². The monoisotopic (exact) mass is 572 g/mol. The third kappa shape index (κ3) is 2.02. The third-order valence-electron chi connectivity index (χ3n) is 11.5. The van der Waals surface area contributed by atoms with Crippen LogP contribution < -0.4 is 0 Å². The number of nitriles is 2. The normalized spacial score (nSPS) is 13.2. The lowest BCUT2D eigenvalue weighted by Gasteiger charge is -2.29. The summed E-state index contributed by atoms with van der Waals surface area (Å²) in [6.07, 6.45) is 0. The molecule has 0 unspecified atom stereocenters. The Labute approximate surface area is 259 Å². The number of rotatable bonds is 0. The van der Waals surface area contributed by atoms with Crippen molar-refractivity contribution in [2.75, 3.05) is 0 Å². The van der Waals surface area contributed by atoms with Crippen molar-refractivity contribution >= 4 is 129 Å². The molecule has 0 aliphatic rings. The first kappa shape index (κ1) is 22.1. The first-order valence-electron chi connectivity index (χ1n) is 15.7. The number of hydrogen-bond donors (Lipinski definition) is 0. The predicted molar refractivity (Wildman–Crippen MR) is 193 cm³/mol. The van der Waals surface area contributed by atoms with E-state index in [0.717, 1.165) is 21.5 Å². The summed E-state index contributed by atoms with van der Waals surface area (Å²) in [5.74, 6) is 0. The molecule has 0 aliphatic carbocycles. The van der Waals surface area contributed by atoms with Crippen LogP contribution >= 0.6 is 0 Å². The molecule has 13 aromatic carbocycles. The number of hydrogen-bond acceptors (Lipinski definition) is 2. The van der Waals surface area contributed by atoms with Crippen molar-refractivity contribution in [3.63, 3.8) is 0 Å². The van der Waals surface area contributed by atoms with Crippen LogP contribution in [0.15, 0.2) is 97.1 Å². The molecule has 0 N–H and O–H groups in total. The van der Waals surface area contributed by atoms with Crippen LogP contribution in [0.25, 0.3) is 129 Å². The van der Waals surface area contributed by atoms with Crippen LogP contribution in [0.3, 0.4) is 0 Å². The molecule has 0 heterocycles. The molecule has 0 spiro atoms. The van der Waals surface area contributed by atoms with Crippen LogP contribution in [0.1, 0.15) is 11.1 Å². The van der Waals surface area contributed by atoms with E-state index in [0.29, 0.717) is 11.1 Å². The summed E-state index contributed by atoms with van der Waals surface area (Å²) in [5, 5.41) is 50.6. The maximum Gasteiger partial charge on any atom is 0.0992 e. The zero-order chi connectivity index (χ0) is 29.7. The van der Waals surface area contributed by atoms with E-state index in [9.17, 15) is 10.5 Å². The Balaban J connectivity index is 1.60. The lowest BCUT2D eigenvalue weighted by atomic mass is 9.73. The summed E-state index contributed by atoms with van der Waals surface area (Å²) in [6, 6.07) is 40.3. The summed E-state index contributed by atoms with van der Waals surface area (Å²) in [7, 11) is 0. The lowest BCUT2D eigenvalue weighted by molar-refractivity contribution is 1.50. The van der Waals surface area contributed by atoms with Crippen molar-refractivity contribution in [2.45, 2.75) is 0 Å². The number of nitrogens with zero attached hydrogens (tertiary/aromatic N) is 2. The molecule has 0 bridgehead atoms. The van der Waals surface area contributed by atoms with Crippen LogP contribution in [0.2, 0.25) is 0 Å². The number of benzene rings is 13. The second-order valence-corrected chi connectivity index (χ2v) is 13.3. The minimum absolute atomic E-state index is 0.694. The molecule has 202 valence electrons. The third-order valence-corrected chi connectivity index (χ3v) is 11.5. The van der Waals surface area contributed by atoms with Gasteiger partial charge in [0.1, 0.15) is 0 Å². The quantitative estimate of drug-likeness (QED) is 0.134. The van der Waals surface area contributed by atoms with Crippen molar-refractivity contribution in [3.05, 3.63) is 108 Å². The minimum atomic E-state index is 0.694. The average Bonchev–Trinajstić information content (AvgIpc) is 3.12. The molecule has 0 aliphatic heterocycles. The van der Waals surface area contributed by atoms with Gasteiger partial charge in [-0.3, -0.25) is 0 Å². The Morgan fingerprint density at radius 3 is 0.674 bits per heavy atom. The smallest absolute Gasteiger partial charge is 0.0992 e. The Morgan fingerprint density at radius 1 is 0.261 bits per heavy atom. The average molecular weight is 573 g/mol. The lowest BCUT2D eigenvalue weighted by Crippen LogP contribution is -2.00. The van der Waals surface area contributed by atoms with Crippen molar-refractivity contribution in [2.24, 2.45) is 0 Å². The molecule has 2 nitrogen and oxygen atoms in total. The van der Waals surface area contributed by atoms with Crippen molar-refractivity contribution in [1.82, 2.24) is 0 Å². The highest BCUT2D eigenvalue weighted by molar-refractivity contribution is 6.61. The van der Waals surface area contributed by atoms with Gasteiger partial charge in [0, 0.05) is 0 Å². The Hall–Kier alpha value is -6.48. The molecular formula is C44H16N2. The Kier molecular flexibility index (Phi) is 3.25. The molecule has 0 atom stereocenters. The zero-order valence-electron chi connectivity index (χ0n) is 24.1. The molecule has 0 saturated heterocycles. The zero-order valence-corrected chi connectivity index (χ0v) is 24.1. The van der Waals surface area contributed by atoms with E-state index in [1.54, 1.807) is 0 Å². The maximum absolute atomic E-state index is 10.3. The van der Waals surface area contributed by atoms with E-state index in [1.807, 2.05) is 0 Å². The minimum Gasteiger partial charge on any atom is -0.192 e. The topological polar surface area (TPSA) is 47.6 Å². The van der Waals surface area contributed by atoms with Crippen LogP contribution in [-0.2, 0) is 0 Å². The molecular weight excluding hydrogens is 556 g/mol. The summed E-state index contributed by atoms with van der Waals surface area (Å²) in [6.45, 7) is 0. The molecule has 2 heteroatoms. The van der Waals surface area contributed by atoms with Crippen LogP contribution in [0.5, 0.6) is 0 Å². The van der Waals surface area contributed by atoms with Gasteiger partial charge < -0.3 is 0 Å². The molecule has 0 radical (unpaired) electrons. The van der Waals surface area contributed by atoms with E-state index in [2.05, 4.69) is 109 Å². The molecule has 13 rings (SSSR count). The van der Waals surface area contributed by atoms with Gasteiger partial charge in [-0.15, -0.1) is 0 Å². The van der Waals surface area contributed by atoms with Gasteiger partial charge in [-0.1, -0.05) is 72.8 Å². The maximum atomic E-state index is 10.3. The highest BCUT2D eigenvalue weighted by Crippen LogP contribution is 2.60. The SMILES string of the molecule is N#Cc1cc2c3cccc4c5cccc6c7cc(C#N)cc8c9cccc%10c%11cccc%12c(c1)c2c1c(c43)c(c56)c(c78)c(c%109)c1c%11%12. The fourth-order valence-corrected chi connectivity index (χ4v) is 10.1. The molecule has 13 aromatic rings. The van der Waals surface area contributed by atoms with E-state index in [4.69, 9.17) is 0 Å². The Bertz CT molecular complexity index is 3140. The van der Waals surface area contributed by atoms with Crippen molar-refractivity contribution in [1.29, 1.82) is 10.5 Å². The largest absolute Gasteiger partial charge is 0.192 e. The molecule has 0 saturated carbocycles. The van der Waals surface area contributed by atoms with Crippen LogP contribution in [0, 0.1) is 22.7 Å². The van der Waals surface area contributed by atoms with E-state index >= 15 is 0 Å². The highest BCUT2D eigenvalue weighted by atomic mass is 14.3. The fraction of sp³-hybridized carbons (Fsp3) is 0. The fourth-order valence-electron chi connectivity index (χ4n) is 10.1. The molecule has 0 aromatic heterocycles.